The summed E-state index contributed by atoms with van der Waals surface area (Å²) in [6, 6.07) is 8.31. The van der Waals surface area contributed by atoms with Crippen LogP contribution in [0.1, 0.15) is 52.4 Å². The first-order valence-electron chi connectivity index (χ1n) is 9.43. The molecule has 1 heterocycles. The van der Waals surface area contributed by atoms with Gasteiger partial charge in [-0.05, 0) is 58.0 Å². The number of esters is 2. The molecule has 0 saturated carbocycles. The monoisotopic (exact) mass is 401 g/mol. The molecule has 7 nitrogen and oxygen atoms in total. The Morgan fingerprint density at radius 2 is 1.72 bits per heavy atom. The number of Topliss-reactive ketones (excluding diaryl/α,β-unsaturated/α-hetero) is 1. The molecule has 0 radical (unpaired) electrons. The van der Waals surface area contributed by atoms with Gasteiger partial charge in [0.05, 0.1) is 25.2 Å². The van der Waals surface area contributed by atoms with Crippen LogP contribution in [0.3, 0.4) is 0 Å². The molecule has 0 amide bonds. The molecule has 1 aromatic carbocycles. The lowest BCUT2D eigenvalue weighted by atomic mass is 10.1. The van der Waals surface area contributed by atoms with E-state index in [2.05, 4.69) is 4.74 Å². The maximum atomic E-state index is 12.5. The standard InChI is InChI=1S/C22H27NO6/c1-14(2)29-18-8-6-17(7-9-18)22(26)28-13-20(24)19-12-15(3)23(16(19)4)11-10-21(25)27-5/h6-9,12,14H,10-11,13H2,1-5H3. The fourth-order valence-corrected chi connectivity index (χ4v) is 2.97. The zero-order valence-electron chi connectivity index (χ0n) is 17.5. The van der Waals surface area contributed by atoms with Crippen LogP contribution in [-0.4, -0.2) is 42.1 Å². The van der Waals surface area contributed by atoms with Gasteiger partial charge in [0.2, 0.25) is 5.78 Å². The molecule has 0 fully saturated rings. The Balaban J connectivity index is 1.98. The number of methoxy groups -OCH3 is 1. The van der Waals surface area contributed by atoms with E-state index in [1.54, 1.807) is 37.3 Å². The Kier molecular flexibility index (Phi) is 7.59. The van der Waals surface area contributed by atoms with E-state index in [9.17, 15) is 14.4 Å². The molecule has 0 atom stereocenters. The van der Waals surface area contributed by atoms with Gasteiger partial charge < -0.3 is 18.8 Å². The lowest BCUT2D eigenvalue weighted by Gasteiger charge is -2.10. The van der Waals surface area contributed by atoms with Crippen molar-refractivity contribution < 1.29 is 28.6 Å². The highest BCUT2D eigenvalue weighted by molar-refractivity contribution is 6.00. The van der Waals surface area contributed by atoms with Crippen LogP contribution in [0.5, 0.6) is 5.75 Å². The highest BCUT2D eigenvalue weighted by Crippen LogP contribution is 2.18. The van der Waals surface area contributed by atoms with E-state index in [1.165, 1.54) is 7.11 Å². The van der Waals surface area contributed by atoms with Crippen LogP contribution in [0.15, 0.2) is 30.3 Å². The summed E-state index contributed by atoms with van der Waals surface area (Å²) in [4.78, 5) is 36.1. The number of aromatic nitrogens is 1. The second kappa shape index (κ2) is 9.91. The number of aryl methyl sites for hydroxylation is 1. The first-order chi connectivity index (χ1) is 13.7. The zero-order valence-corrected chi connectivity index (χ0v) is 17.5. The second-order valence-corrected chi connectivity index (χ2v) is 6.95. The van der Waals surface area contributed by atoms with E-state index in [4.69, 9.17) is 9.47 Å². The maximum Gasteiger partial charge on any atom is 0.338 e. The van der Waals surface area contributed by atoms with Gasteiger partial charge in [-0.2, -0.15) is 0 Å². The molecule has 1 aromatic heterocycles. The van der Waals surface area contributed by atoms with Gasteiger partial charge in [-0.15, -0.1) is 0 Å². The van der Waals surface area contributed by atoms with Gasteiger partial charge in [-0.3, -0.25) is 9.59 Å². The number of carbonyl (C=O) groups excluding carboxylic acids is 3. The van der Waals surface area contributed by atoms with Crippen LogP contribution in [0.2, 0.25) is 0 Å². The quantitative estimate of drug-likeness (QED) is 0.472. The SMILES string of the molecule is COC(=O)CCn1c(C)cc(C(=O)COC(=O)c2ccc(OC(C)C)cc2)c1C. The van der Waals surface area contributed by atoms with Crippen LogP contribution < -0.4 is 4.74 Å². The number of hydrogen-bond acceptors (Lipinski definition) is 6. The van der Waals surface area contributed by atoms with Crippen LogP contribution in [0, 0.1) is 13.8 Å². The van der Waals surface area contributed by atoms with Gasteiger partial charge >= 0.3 is 11.9 Å². The number of nitrogens with zero attached hydrogens (tertiary/aromatic N) is 1. The minimum atomic E-state index is -0.575. The van der Waals surface area contributed by atoms with Gasteiger partial charge in [-0.1, -0.05) is 0 Å². The summed E-state index contributed by atoms with van der Waals surface area (Å²) in [5, 5.41) is 0. The van der Waals surface area contributed by atoms with Crippen LogP contribution in [-0.2, 0) is 20.8 Å². The molecule has 0 unspecified atom stereocenters. The van der Waals surface area contributed by atoms with Gasteiger partial charge in [0.25, 0.3) is 0 Å². The molecule has 156 valence electrons. The number of ketones is 1. The predicted octanol–water partition coefficient (Wildman–Crippen LogP) is 3.49. The van der Waals surface area contributed by atoms with E-state index in [0.29, 0.717) is 23.4 Å². The lowest BCUT2D eigenvalue weighted by molar-refractivity contribution is -0.140. The van der Waals surface area contributed by atoms with Crippen molar-refractivity contribution in [2.24, 2.45) is 0 Å². The highest BCUT2D eigenvalue weighted by Gasteiger charge is 2.18. The minimum Gasteiger partial charge on any atom is -0.491 e. The van der Waals surface area contributed by atoms with Gasteiger partial charge in [0.15, 0.2) is 6.61 Å². The van der Waals surface area contributed by atoms with Crippen LogP contribution >= 0.6 is 0 Å². The predicted molar refractivity (Wildman–Crippen MR) is 107 cm³/mol. The Labute approximate surface area is 170 Å². The maximum absolute atomic E-state index is 12.5. The molecule has 0 spiro atoms. The van der Waals surface area contributed by atoms with Crippen molar-refractivity contribution in [3.8, 4) is 5.75 Å². The Hall–Kier alpha value is -3.09. The van der Waals surface area contributed by atoms with Crippen molar-refractivity contribution in [2.75, 3.05) is 13.7 Å². The topological polar surface area (TPSA) is 83.8 Å². The second-order valence-electron chi connectivity index (χ2n) is 6.95. The molecule has 0 aliphatic carbocycles. The third-order valence-corrected chi connectivity index (χ3v) is 4.44. The Bertz CT molecular complexity index is 879. The van der Waals surface area contributed by atoms with E-state index < -0.39 is 5.97 Å². The summed E-state index contributed by atoms with van der Waals surface area (Å²) in [6.45, 7) is 7.55. The number of hydrogen-bond donors (Lipinski definition) is 0. The van der Waals surface area contributed by atoms with Crippen molar-refractivity contribution in [3.05, 3.63) is 52.8 Å². The molecule has 0 bridgehead atoms. The van der Waals surface area contributed by atoms with Gasteiger partial charge in [-0.25, -0.2) is 4.79 Å². The summed E-state index contributed by atoms with van der Waals surface area (Å²) in [5.41, 5.74) is 2.39. The van der Waals surface area contributed by atoms with Crippen molar-refractivity contribution in [1.29, 1.82) is 0 Å². The minimum absolute atomic E-state index is 0.0389. The highest BCUT2D eigenvalue weighted by atomic mass is 16.5. The number of benzene rings is 1. The summed E-state index contributed by atoms with van der Waals surface area (Å²) >= 11 is 0. The van der Waals surface area contributed by atoms with E-state index >= 15 is 0 Å². The molecular formula is C22H27NO6. The van der Waals surface area contributed by atoms with Gasteiger partial charge in [0.1, 0.15) is 5.75 Å². The summed E-state index contributed by atoms with van der Waals surface area (Å²) in [6.07, 6.45) is 0.253. The Morgan fingerprint density at radius 1 is 1.07 bits per heavy atom. The number of ether oxygens (including phenoxy) is 3. The number of carbonyl (C=O) groups is 3. The lowest BCUT2D eigenvalue weighted by Crippen LogP contribution is -2.15. The van der Waals surface area contributed by atoms with E-state index in [1.807, 2.05) is 25.3 Å². The largest absolute Gasteiger partial charge is 0.491 e. The average molecular weight is 401 g/mol. The number of rotatable bonds is 9. The zero-order chi connectivity index (χ0) is 21.6. The average Bonchev–Trinajstić information content (AvgIpc) is 2.97. The molecule has 2 aromatic rings. The Morgan fingerprint density at radius 3 is 2.31 bits per heavy atom. The van der Waals surface area contributed by atoms with E-state index in [0.717, 1.165) is 11.4 Å². The summed E-state index contributed by atoms with van der Waals surface area (Å²) in [5.74, 6) is -0.527. The fraction of sp³-hybridized carbons (Fsp3) is 0.409. The first-order valence-corrected chi connectivity index (χ1v) is 9.43. The first kappa shape index (κ1) is 22.2. The molecule has 0 aliphatic heterocycles. The molecule has 0 N–H and O–H groups in total. The van der Waals surface area contributed by atoms with Crippen molar-refractivity contribution in [1.82, 2.24) is 4.57 Å². The van der Waals surface area contributed by atoms with Crippen molar-refractivity contribution in [3.63, 3.8) is 0 Å². The molecular weight excluding hydrogens is 374 g/mol. The van der Waals surface area contributed by atoms with Gasteiger partial charge in [0, 0.05) is 23.5 Å². The fourth-order valence-electron chi connectivity index (χ4n) is 2.97. The van der Waals surface area contributed by atoms with Crippen LogP contribution in [0.4, 0.5) is 0 Å². The van der Waals surface area contributed by atoms with Crippen molar-refractivity contribution >= 4 is 17.7 Å². The van der Waals surface area contributed by atoms with Crippen LogP contribution in [0.25, 0.3) is 0 Å². The molecule has 7 heteroatoms. The van der Waals surface area contributed by atoms with Crippen molar-refractivity contribution in [2.45, 2.75) is 46.8 Å². The molecule has 2 rings (SSSR count). The normalized spacial score (nSPS) is 10.7. The summed E-state index contributed by atoms with van der Waals surface area (Å²) < 4.78 is 17.2. The molecule has 0 aliphatic rings. The third-order valence-electron chi connectivity index (χ3n) is 4.44. The van der Waals surface area contributed by atoms with E-state index in [-0.39, 0.29) is 30.9 Å². The third kappa shape index (κ3) is 5.94. The molecule has 29 heavy (non-hydrogen) atoms. The smallest absolute Gasteiger partial charge is 0.338 e. The summed E-state index contributed by atoms with van der Waals surface area (Å²) in [7, 11) is 1.34. The molecule has 0 saturated heterocycles.